The van der Waals surface area contributed by atoms with E-state index in [-0.39, 0.29) is 11.7 Å². The van der Waals surface area contributed by atoms with E-state index in [9.17, 15) is 4.79 Å². The Balaban J connectivity index is 1.24. The molecule has 0 bridgehead atoms. The Kier molecular flexibility index (Phi) is 8.13. The molecule has 0 saturated carbocycles. The number of aromatic nitrogens is 3. The fraction of sp³-hybridized carbons (Fsp3) is 0.0345. The van der Waals surface area contributed by atoms with Crippen molar-refractivity contribution in [3.63, 3.8) is 0 Å². The van der Waals surface area contributed by atoms with Crippen LogP contribution >= 0.6 is 23.4 Å². The minimum Gasteiger partial charge on any atom is -0.457 e. The number of benzene rings is 4. The first-order valence-corrected chi connectivity index (χ1v) is 13.1. The highest BCUT2D eigenvalue weighted by atomic mass is 35.5. The Morgan fingerprint density at radius 3 is 2.37 bits per heavy atom. The van der Waals surface area contributed by atoms with Crippen molar-refractivity contribution >= 4 is 35.5 Å². The summed E-state index contributed by atoms with van der Waals surface area (Å²) in [5.74, 6) is 1.93. The maximum absolute atomic E-state index is 12.5. The number of thioether (sulfide) groups is 1. The summed E-state index contributed by atoms with van der Waals surface area (Å²) >= 11 is 7.33. The van der Waals surface area contributed by atoms with Crippen LogP contribution in [0.5, 0.6) is 11.5 Å². The number of ether oxygens (including phenoxy) is 1. The summed E-state index contributed by atoms with van der Waals surface area (Å²) in [6.45, 7) is 0. The molecule has 38 heavy (non-hydrogen) atoms. The van der Waals surface area contributed by atoms with Crippen LogP contribution in [0.25, 0.3) is 17.1 Å². The standard InChI is InChI=1S/C29H22ClN5O2S/c30-23-16-14-22(15-17-23)28-33-34-29(35(28)24-9-3-1-4-10-24)38-20-27(36)32-31-19-21-8-7-13-26(18-21)37-25-11-5-2-6-12-25/h1-19H,20H2,(H,32,36)/b31-19+. The summed E-state index contributed by atoms with van der Waals surface area (Å²) in [4.78, 5) is 12.5. The van der Waals surface area contributed by atoms with Gasteiger partial charge in [0.05, 0.1) is 12.0 Å². The third-order valence-corrected chi connectivity index (χ3v) is 6.50. The lowest BCUT2D eigenvalue weighted by Crippen LogP contribution is -2.20. The van der Waals surface area contributed by atoms with Crippen LogP contribution in [-0.4, -0.2) is 32.6 Å². The quantitative estimate of drug-likeness (QED) is 0.129. The van der Waals surface area contributed by atoms with Gasteiger partial charge >= 0.3 is 0 Å². The second-order valence-corrected chi connectivity index (χ2v) is 9.43. The van der Waals surface area contributed by atoms with Crippen molar-refractivity contribution < 1.29 is 9.53 Å². The molecule has 7 nitrogen and oxygen atoms in total. The monoisotopic (exact) mass is 539 g/mol. The van der Waals surface area contributed by atoms with Crippen molar-refractivity contribution in [2.75, 3.05) is 5.75 Å². The highest BCUT2D eigenvalue weighted by molar-refractivity contribution is 7.99. The maximum atomic E-state index is 12.5. The minimum absolute atomic E-state index is 0.111. The summed E-state index contributed by atoms with van der Waals surface area (Å²) in [5, 5.41) is 14.1. The van der Waals surface area contributed by atoms with Gasteiger partial charge in [0.1, 0.15) is 11.5 Å². The highest BCUT2D eigenvalue weighted by Crippen LogP contribution is 2.28. The van der Waals surface area contributed by atoms with Crippen LogP contribution in [0.4, 0.5) is 0 Å². The van der Waals surface area contributed by atoms with Crippen molar-refractivity contribution in [1.82, 2.24) is 20.2 Å². The third kappa shape index (κ3) is 6.47. The number of carbonyl (C=O) groups is 1. The Hall–Kier alpha value is -4.40. The fourth-order valence-corrected chi connectivity index (χ4v) is 4.45. The molecule has 1 amide bonds. The maximum Gasteiger partial charge on any atom is 0.250 e. The van der Waals surface area contributed by atoms with Crippen LogP contribution < -0.4 is 10.2 Å². The second kappa shape index (κ2) is 12.2. The molecular weight excluding hydrogens is 518 g/mol. The predicted molar refractivity (Wildman–Crippen MR) is 151 cm³/mol. The van der Waals surface area contributed by atoms with Crippen LogP contribution in [0.1, 0.15) is 5.56 Å². The lowest BCUT2D eigenvalue weighted by Gasteiger charge is -2.10. The van der Waals surface area contributed by atoms with Crippen LogP contribution in [0.2, 0.25) is 5.02 Å². The summed E-state index contributed by atoms with van der Waals surface area (Å²) in [5.41, 5.74) is 5.12. The molecule has 1 heterocycles. The topological polar surface area (TPSA) is 81.4 Å². The zero-order valence-electron chi connectivity index (χ0n) is 20.1. The number of hydrazone groups is 1. The summed E-state index contributed by atoms with van der Waals surface area (Å²) in [6.07, 6.45) is 1.57. The zero-order valence-corrected chi connectivity index (χ0v) is 21.6. The smallest absolute Gasteiger partial charge is 0.250 e. The van der Waals surface area contributed by atoms with Crippen LogP contribution in [-0.2, 0) is 4.79 Å². The average molecular weight is 540 g/mol. The van der Waals surface area contributed by atoms with Crippen molar-refractivity contribution in [2.24, 2.45) is 5.10 Å². The number of hydrogen-bond acceptors (Lipinski definition) is 6. The Morgan fingerprint density at radius 2 is 1.61 bits per heavy atom. The van der Waals surface area contributed by atoms with Gasteiger partial charge in [0, 0.05) is 16.3 Å². The van der Waals surface area contributed by atoms with E-state index >= 15 is 0 Å². The van der Waals surface area contributed by atoms with Crippen molar-refractivity contribution in [3.05, 3.63) is 120 Å². The molecule has 0 aliphatic carbocycles. The largest absolute Gasteiger partial charge is 0.457 e. The molecule has 1 aromatic heterocycles. The first-order valence-electron chi connectivity index (χ1n) is 11.7. The fourth-order valence-electron chi connectivity index (χ4n) is 3.58. The van der Waals surface area contributed by atoms with E-state index in [1.807, 2.05) is 114 Å². The van der Waals surface area contributed by atoms with Gasteiger partial charge in [0.2, 0.25) is 0 Å². The molecule has 0 aliphatic heterocycles. The molecule has 5 rings (SSSR count). The van der Waals surface area contributed by atoms with E-state index in [4.69, 9.17) is 16.3 Å². The molecule has 4 aromatic carbocycles. The number of halogens is 1. The van der Waals surface area contributed by atoms with Crippen molar-refractivity contribution in [1.29, 1.82) is 0 Å². The number of rotatable bonds is 9. The van der Waals surface area contributed by atoms with Gasteiger partial charge in [-0.3, -0.25) is 9.36 Å². The molecule has 0 spiro atoms. The SMILES string of the molecule is O=C(CSc1nnc(-c2ccc(Cl)cc2)n1-c1ccccc1)N/N=C/c1cccc(Oc2ccccc2)c1. The predicted octanol–water partition coefficient (Wildman–Crippen LogP) is 6.62. The highest BCUT2D eigenvalue weighted by Gasteiger charge is 2.17. The number of para-hydroxylation sites is 2. The first kappa shape index (κ1) is 25.3. The van der Waals surface area contributed by atoms with Crippen molar-refractivity contribution in [2.45, 2.75) is 5.16 Å². The summed E-state index contributed by atoms with van der Waals surface area (Å²) in [7, 11) is 0. The van der Waals surface area contributed by atoms with Gasteiger partial charge in [0.25, 0.3) is 5.91 Å². The van der Waals surface area contributed by atoms with E-state index in [1.165, 1.54) is 11.8 Å². The van der Waals surface area contributed by atoms with E-state index < -0.39 is 0 Å². The van der Waals surface area contributed by atoms with Gasteiger partial charge in [0.15, 0.2) is 11.0 Å². The van der Waals surface area contributed by atoms with Crippen molar-refractivity contribution in [3.8, 4) is 28.6 Å². The number of amides is 1. The molecule has 1 N–H and O–H groups in total. The lowest BCUT2D eigenvalue weighted by molar-refractivity contribution is -0.118. The minimum atomic E-state index is -0.265. The molecular formula is C29H22ClN5O2S. The molecule has 0 aliphatic rings. The lowest BCUT2D eigenvalue weighted by atomic mass is 10.2. The Bertz CT molecular complexity index is 1540. The summed E-state index contributed by atoms with van der Waals surface area (Å²) < 4.78 is 7.77. The molecule has 0 saturated heterocycles. The number of nitrogens with one attached hydrogen (secondary N) is 1. The van der Waals surface area contributed by atoms with Gasteiger partial charge in [-0.2, -0.15) is 5.10 Å². The molecule has 0 atom stereocenters. The van der Waals surface area contributed by atoms with Gasteiger partial charge in [-0.25, -0.2) is 5.43 Å². The molecule has 5 aromatic rings. The number of nitrogens with zero attached hydrogens (tertiary/aromatic N) is 4. The van der Waals surface area contributed by atoms with Crippen LogP contribution in [0.3, 0.4) is 0 Å². The molecule has 0 radical (unpaired) electrons. The molecule has 9 heteroatoms. The molecule has 0 unspecified atom stereocenters. The van der Waals surface area contributed by atoms with Gasteiger partial charge in [-0.05, 0) is 66.2 Å². The second-order valence-electron chi connectivity index (χ2n) is 8.05. The Morgan fingerprint density at radius 1 is 0.895 bits per heavy atom. The first-order chi connectivity index (χ1) is 18.7. The summed E-state index contributed by atoms with van der Waals surface area (Å²) in [6, 6.07) is 34.1. The van der Waals surface area contributed by atoms with Gasteiger partial charge in [-0.1, -0.05) is 71.9 Å². The van der Waals surface area contributed by atoms with E-state index in [0.29, 0.717) is 21.8 Å². The number of hydrogen-bond donors (Lipinski definition) is 1. The molecule has 188 valence electrons. The third-order valence-electron chi connectivity index (χ3n) is 5.32. The zero-order chi connectivity index (χ0) is 26.2. The van der Waals surface area contributed by atoms with E-state index in [2.05, 4.69) is 20.7 Å². The number of carbonyl (C=O) groups excluding carboxylic acids is 1. The normalized spacial score (nSPS) is 11.0. The van der Waals surface area contributed by atoms with Crippen LogP contribution in [0.15, 0.2) is 119 Å². The van der Waals surface area contributed by atoms with Gasteiger partial charge < -0.3 is 4.74 Å². The van der Waals surface area contributed by atoms with Gasteiger partial charge in [-0.15, -0.1) is 10.2 Å². The molecule has 0 fully saturated rings. The Labute approximate surface area is 229 Å². The van der Waals surface area contributed by atoms with E-state index in [1.54, 1.807) is 6.21 Å². The van der Waals surface area contributed by atoms with Crippen LogP contribution in [0, 0.1) is 0 Å². The van der Waals surface area contributed by atoms with E-state index in [0.717, 1.165) is 22.6 Å². The average Bonchev–Trinajstić information content (AvgIpc) is 3.37.